The number of benzene rings is 1. The first kappa shape index (κ1) is 17.4. The van der Waals surface area contributed by atoms with Crippen LogP contribution in [0.5, 0.6) is 0 Å². The van der Waals surface area contributed by atoms with Crippen LogP contribution in [0, 0.1) is 5.82 Å². The van der Waals surface area contributed by atoms with Crippen molar-refractivity contribution in [2.24, 2.45) is 0 Å². The molecular weight excluding hydrogens is 389 g/mol. The molecule has 27 heavy (non-hydrogen) atoms. The summed E-state index contributed by atoms with van der Waals surface area (Å²) in [5.41, 5.74) is 1.82. The van der Waals surface area contributed by atoms with Gasteiger partial charge in [-0.15, -0.1) is 11.3 Å². The Hall–Kier alpha value is -3.03. The number of carbonyl (C=O) groups is 2. The number of carbonyl (C=O) groups excluding carboxylic acids is 2. The third-order valence-electron chi connectivity index (χ3n) is 3.98. The Balaban J connectivity index is 1.65. The molecule has 0 bridgehead atoms. The van der Waals surface area contributed by atoms with Crippen LogP contribution in [0.3, 0.4) is 0 Å². The largest absolute Gasteiger partial charge is 0.319 e. The topological polar surface area (TPSA) is 63.5 Å². The molecule has 8 heteroatoms. The van der Waals surface area contributed by atoms with Gasteiger partial charge in [0.25, 0.3) is 5.91 Å². The average Bonchev–Trinajstić information content (AvgIpc) is 3.27. The fourth-order valence-electron chi connectivity index (χ4n) is 2.68. The predicted octanol–water partition coefficient (Wildman–Crippen LogP) is 4.92. The zero-order valence-corrected chi connectivity index (χ0v) is 15.2. The highest BCUT2D eigenvalue weighted by Crippen LogP contribution is 2.35. The Morgan fingerprint density at radius 3 is 2.74 bits per heavy atom. The van der Waals surface area contributed by atoms with Crippen LogP contribution in [-0.4, -0.2) is 21.8 Å². The number of halogens is 2. The van der Waals surface area contributed by atoms with E-state index in [9.17, 15) is 14.0 Å². The van der Waals surface area contributed by atoms with Crippen LogP contribution < -0.4 is 5.32 Å². The number of hydrogen-bond acceptors (Lipinski definition) is 4. The Morgan fingerprint density at radius 1 is 1.26 bits per heavy atom. The van der Waals surface area contributed by atoms with E-state index in [1.165, 1.54) is 34.1 Å². The molecule has 1 amide bonds. The summed E-state index contributed by atoms with van der Waals surface area (Å²) in [7, 11) is 0. The van der Waals surface area contributed by atoms with Gasteiger partial charge >= 0.3 is 0 Å². The molecule has 3 aromatic heterocycles. The third-order valence-corrected chi connectivity index (χ3v) is 5.28. The summed E-state index contributed by atoms with van der Waals surface area (Å²) < 4.78 is 15.1. The van der Waals surface area contributed by atoms with Gasteiger partial charge in [-0.3, -0.25) is 9.59 Å². The van der Waals surface area contributed by atoms with Gasteiger partial charge in [0.2, 0.25) is 0 Å². The van der Waals surface area contributed by atoms with Gasteiger partial charge in [-0.1, -0.05) is 23.7 Å². The van der Waals surface area contributed by atoms with E-state index < -0.39 is 11.7 Å². The van der Waals surface area contributed by atoms with Gasteiger partial charge in [-0.05, 0) is 35.9 Å². The van der Waals surface area contributed by atoms with Gasteiger partial charge < -0.3 is 5.32 Å². The Bertz CT molecular complexity index is 1170. The van der Waals surface area contributed by atoms with Crippen molar-refractivity contribution in [3.63, 3.8) is 0 Å². The minimum absolute atomic E-state index is 0.0520. The number of fused-ring (bicyclic) bond motifs is 1. The lowest BCUT2D eigenvalue weighted by atomic mass is 10.1. The van der Waals surface area contributed by atoms with Gasteiger partial charge in [-0.25, -0.2) is 8.91 Å². The molecule has 134 valence electrons. The lowest BCUT2D eigenvalue weighted by Gasteiger charge is -2.03. The summed E-state index contributed by atoms with van der Waals surface area (Å²) in [6, 6.07) is 11.2. The van der Waals surface area contributed by atoms with Crippen LogP contribution >= 0.6 is 22.9 Å². The number of nitrogens with one attached hydrogen (secondary N) is 1. The summed E-state index contributed by atoms with van der Waals surface area (Å²) in [5.74, 6) is -1.00. The van der Waals surface area contributed by atoms with E-state index >= 15 is 0 Å². The van der Waals surface area contributed by atoms with Crippen LogP contribution in [-0.2, 0) is 0 Å². The number of thiophene rings is 1. The van der Waals surface area contributed by atoms with Gasteiger partial charge in [0.1, 0.15) is 11.3 Å². The van der Waals surface area contributed by atoms with E-state index in [-0.39, 0.29) is 11.2 Å². The minimum Gasteiger partial charge on any atom is -0.319 e. The monoisotopic (exact) mass is 399 g/mol. The second kappa shape index (κ2) is 6.94. The van der Waals surface area contributed by atoms with Gasteiger partial charge in [0.05, 0.1) is 11.3 Å². The summed E-state index contributed by atoms with van der Waals surface area (Å²) in [4.78, 5) is 24.8. The Labute approximate surface area is 162 Å². The van der Waals surface area contributed by atoms with E-state index in [0.29, 0.717) is 22.6 Å². The molecule has 0 atom stereocenters. The summed E-state index contributed by atoms with van der Waals surface area (Å²) in [6.07, 6.45) is 2.24. The first-order valence-electron chi connectivity index (χ1n) is 7.84. The molecule has 4 rings (SSSR count). The van der Waals surface area contributed by atoms with E-state index in [2.05, 4.69) is 10.4 Å². The fraction of sp³-hybridized carbons (Fsp3) is 0. The SMILES string of the molecule is O=Cc1c(NC(=O)c2cc3c(F)cccn3n2)csc1-c1ccc(Cl)cc1. The number of hydrogen-bond donors (Lipinski definition) is 1. The van der Waals surface area contributed by atoms with Crippen LogP contribution in [0.15, 0.2) is 54.0 Å². The van der Waals surface area contributed by atoms with E-state index in [4.69, 9.17) is 11.6 Å². The first-order valence-corrected chi connectivity index (χ1v) is 9.10. The summed E-state index contributed by atoms with van der Waals surface area (Å²) in [5, 5.41) is 9.02. The summed E-state index contributed by atoms with van der Waals surface area (Å²) in [6.45, 7) is 0. The number of pyridine rings is 1. The van der Waals surface area contributed by atoms with Crippen molar-refractivity contribution in [2.45, 2.75) is 0 Å². The van der Waals surface area contributed by atoms with Crippen LogP contribution in [0.25, 0.3) is 16.0 Å². The molecule has 0 unspecified atom stereocenters. The Morgan fingerprint density at radius 2 is 2.04 bits per heavy atom. The zero-order valence-electron chi connectivity index (χ0n) is 13.6. The van der Waals surface area contributed by atoms with Crippen molar-refractivity contribution in [1.82, 2.24) is 9.61 Å². The van der Waals surface area contributed by atoms with Crippen molar-refractivity contribution < 1.29 is 14.0 Å². The predicted molar refractivity (Wildman–Crippen MR) is 103 cm³/mol. The van der Waals surface area contributed by atoms with Gasteiger partial charge in [0.15, 0.2) is 12.0 Å². The maximum absolute atomic E-state index is 13.8. The molecule has 1 N–H and O–H groups in total. The third kappa shape index (κ3) is 3.22. The summed E-state index contributed by atoms with van der Waals surface area (Å²) >= 11 is 7.23. The lowest BCUT2D eigenvalue weighted by Crippen LogP contribution is -2.13. The molecule has 0 aliphatic heterocycles. The second-order valence-corrected chi connectivity index (χ2v) is 7.00. The second-order valence-electron chi connectivity index (χ2n) is 5.69. The minimum atomic E-state index is -0.526. The number of nitrogens with zero attached hydrogens (tertiary/aromatic N) is 2. The lowest BCUT2D eigenvalue weighted by molar-refractivity contribution is 0.102. The van der Waals surface area contributed by atoms with E-state index in [1.54, 1.807) is 35.8 Å². The molecular formula is C19H11ClFN3O2S. The smallest absolute Gasteiger partial charge is 0.276 e. The molecule has 4 aromatic rings. The number of rotatable bonds is 4. The average molecular weight is 400 g/mol. The molecule has 0 aliphatic rings. The Kier molecular flexibility index (Phi) is 4.47. The van der Waals surface area contributed by atoms with E-state index in [1.807, 2.05) is 0 Å². The van der Waals surface area contributed by atoms with Crippen LogP contribution in [0.4, 0.5) is 10.1 Å². The normalized spacial score (nSPS) is 10.9. The molecule has 0 fully saturated rings. The van der Waals surface area contributed by atoms with Crippen molar-refractivity contribution >= 4 is 46.3 Å². The van der Waals surface area contributed by atoms with Crippen molar-refractivity contribution in [3.8, 4) is 10.4 Å². The van der Waals surface area contributed by atoms with Crippen LogP contribution in [0.2, 0.25) is 5.02 Å². The molecule has 0 saturated heterocycles. The highest BCUT2D eigenvalue weighted by molar-refractivity contribution is 7.14. The molecule has 0 spiro atoms. The van der Waals surface area contributed by atoms with E-state index in [0.717, 1.165) is 10.4 Å². The molecule has 1 aromatic carbocycles. The maximum atomic E-state index is 13.8. The zero-order chi connectivity index (χ0) is 19.0. The van der Waals surface area contributed by atoms with Gasteiger partial charge in [-0.2, -0.15) is 5.10 Å². The fourth-order valence-corrected chi connectivity index (χ4v) is 3.79. The standard InChI is InChI=1S/C19H11ClFN3O2S/c20-12-5-3-11(4-6-12)18-13(9-25)16(10-27-18)22-19(26)15-8-17-14(21)2-1-7-24(17)23-15/h1-10H,(H,22,26). The number of aromatic nitrogens is 2. The molecule has 0 saturated carbocycles. The van der Waals surface area contributed by atoms with Crippen molar-refractivity contribution in [3.05, 3.63) is 76.1 Å². The number of amides is 1. The quantitative estimate of drug-likeness (QED) is 0.495. The maximum Gasteiger partial charge on any atom is 0.276 e. The van der Waals surface area contributed by atoms with Gasteiger partial charge in [0, 0.05) is 21.5 Å². The molecule has 3 heterocycles. The highest BCUT2D eigenvalue weighted by atomic mass is 35.5. The number of anilines is 1. The first-order chi connectivity index (χ1) is 13.1. The molecule has 5 nitrogen and oxygen atoms in total. The molecule has 0 radical (unpaired) electrons. The van der Waals surface area contributed by atoms with Crippen LogP contribution in [0.1, 0.15) is 20.8 Å². The highest BCUT2D eigenvalue weighted by Gasteiger charge is 2.18. The molecule has 0 aliphatic carbocycles. The van der Waals surface area contributed by atoms with Crippen molar-refractivity contribution in [2.75, 3.05) is 5.32 Å². The van der Waals surface area contributed by atoms with Crippen molar-refractivity contribution in [1.29, 1.82) is 0 Å². The number of aldehydes is 1.